The van der Waals surface area contributed by atoms with Gasteiger partial charge in [-0.2, -0.15) is 5.26 Å². The van der Waals surface area contributed by atoms with Gasteiger partial charge in [0.15, 0.2) is 0 Å². The summed E-state index contributed by atoms with van der Waals surface area (Å²) in [6.07, 6.45) is 3.11. The van der Waals surface area contributed by atoms with Crippen LogP contribution in [0, 0.1) is 29.1 Å². The van der Waals surface area contributed by atoms with Gasteiger partial charge in [0, 0.05) is 7.11 Å². The molecule has 0 fully saturated rings. The first-order valence-corrected chi connectivity index (χ1v) is 9.10. The molecule has 0 bridgehead atoms. The van der Waals surface area contributed by atoms with E-state index in [2.05, 4.69) is 26.8 Å². The Balaban J connectivity index is 0.00000151. The van der Waals surface area contributed by atoms with Crippen LogP contribution < -0.4 is 0 Å². The molecule has 1 N–H and O–H groups in total. The number of ether oxygens (including phenoxy) is 1. The second kappa shape index (κ2) is 10.2. The van der Waals surface area contributed by atoms with Crippen molar-refractivity contribution in [2.24, 2.45) is 17.8 Å². The fraction of sp³-hybridized carbons (Fsp3) is 0.619. The van der Waals surface area contributed by atoms with E-state index < -0.39 is 0 Å². The van der Waals surface area contributed by atoms with Gasteiger partial charge in [-0.3, -0.25) is 4.79 Å². The zero-order valence-corrected chi connectivity index (χ0v) is 16.1. The fourth-order valence-electron chi connectivity index (χ4n) is 3.98. The van der Waals surface area contributed by atoms with Crippen molar-refractivity contribution >= 4 is 5.97 Å². The molecule has 0 spiro atoms. The Kier molecular flexibility index (Phi) is 8.65. The Morgan fingerprint density at radius 2 is 2.04 bits per heavy atom. The van der Waals surface area contributed by atoms with Crippen molar-refractivity contribution in [2.45, 2.75) is 52.9 Å². The van der Waals surface area contributed by atoms with E-state index in [4.69, 9.17) is 15.1 Å². The number of nitrogens with zero attached hydrogens (tertiary/aromatic N) is 1. The average molecular weight is 345 g/mol. The van der Waals surface area contributed by atoms with Crippen LogP contribution in [-0.2, 0) is 16.0 Å². The predicted octanol–water partition coefficient (Wildman–Crippen LogP) is 4.06. The number of hydrogen-bond donors (Lipinski definition) is 1. The minimum Gasteiger partial charge on any atom is -0.466 e. The van der Waals surface area contributed by atoms with Crippen LogP contribution in [0.3, 0.4) is 0 Å². The number of hydrogen-bond acceptors (Lipinski definition) is 4. The van der Waals surface area contributed by atoms with Crippen molar-refractivity contribution in [1.82, 2.24) is 0 Å². The van der Waals surface area contributed by atoms with Crippen LogP contribution in [0.1, 0.15) is 63.1 Å². The standard InChI is InChI=1S/C20H27NO2.CH4O/c1-5-23-20(22)19-17(9-14(4)8-13(2)3)11-16-7-6-15(12-21)10-18(16)19;1-2/h6-7,10,13-14,17,19H,5,8-9,11H2,1-4H3;2H,1H3. The lowest BCUT2D eigenvalue weighted by Crippen LogP contribution is -2.22. The first-order chi connectivity index (χ1) is 12.0. The second-order valence-corrected chi connectivity index (χ2v) is 7.19. The summed E-state index contributed by atoms with van der Waals surface area (Å²) in [6, 6.07) is 7.91. The summed E-state index contributed by atoms with van der Waals surface area (Å²) in [5.41, 5.74) is 2.82. The highest BCUT2D eigenvalue weighted by Crippen LogP contribution is 2.43. The van der Waals surface area contributed by atoms with Crippen LogP contribution in [-0.4, -0.2) is 24.8 Å². The number of benzene rings is 1. The lowest BCUT2D eigenvalue weighted by molar-refractivity contribution is -0.146. The smallest absolute Gasteiger partial charge is 0.313 e. The third-order valence-electron chi connectivity index (χ3n) is 4.68. The molecule has 0 radical (unpaired) electrons. The van der Waals surface area contributed by atoms with Crippen molar-refractivity contribution in [2.75, 3.05) is 13.7 Å². The van der Waals surface area contributed by atoms with Crippen LogP contribution in [0.5, 0.6) is 0 Å². The van der Waals surface area contributed by atoms with E-state index in [1.807, 2.05) is 25.1 Å². The minimum absolute atomic E-state index is 0.136. The monoisotopic (exact) mass is 345 g/mol. The molecule has 1 aromatic carbocycles. The van der Waals surface area contributed by atoms with Crippen LogP contribution in [0.25, 0.3) is 0 Å². The Hall–Kier alpha value is -1.86. The van der Waals surface area contributed by atoms with Gasteiger partial charge in [-0.05, 0) is 67.2 Å². The summed E-state index contributed by atoms with van der Waals surface area (Å²) in [4.78, 5) is 12.5. The molecule has 0 aliphatic heterocycles. The summed E-state index contributed by atoms with van der Waals surface area (Å²) in [7, 11) is 1.00. The topological polar surface area (TPSA) is 70.3 Å². The lowest BCUT2D eigenvalue weighted by atomic mass is 9.82. The first-order valence-electron chi connectivity index (χ1n) is 9.10. The normalized spacial score (nSPS) is 19.4. The Morgan fingerprint density at radius 1 is 1.36 bits per heavy atom. The molecule has 0 saturated heterocycles. The van der Waals surface area contributed by atoms with E-state index in [1.165, 1.54) is 12.0 Å². The maximum absolute atomic E-state index is 12.5. The van der Waals surface area contributed by atoms with E-state index in [9.17, 15) is 4.79 Å². The van der Waals surface area contributed by atoms with Crippen LogP contribution in [0.4, 0.5) is 0 Å². The maximum atomic E-state index is 12.5. The summed E-state index contributed by atoms with van der Waals surface area (Å²) in [5, 5.41) is 16.1. The lowest BCUT2D eigenvalue weighted by Gasteiger charge is -2.23. The van der Waals surface area contributed by atoms with Crippen molar-refractivity contribution in [1.29, 1.82) is 5.26 Å². The molecule has 1 aliphatic rings. The van der Waals surface area contributed by atoms with Gasteiger partial charge in [-0.1, -0.05) is 26.8 Å². The van der Waals surface area contributed by atoms with Gasteiger partial charge >= 0.3 is 5.97 Å². The summed E-state index contributed by atoms with van der Waals surface area (Å²) in [5.74, 6) is 1.18. The first kappa shape index (κ1) is 21.2. The molecule has 1 aromatic rings. The number of fused-ring (bicyclic) bond motifs is 1. The molecule has 138 valence electrons. The molecular formula is C21H31NO3. The molecule has 0 aromatic heterocycles. The maximum Gasteiger partial charge on any atom is 0.313 e. The fourth-order valence-corrected chi connectivity index (χ4v) is 3.98. The zero-order valence-electron chi connectivity index (χ0n) is 16.1. The Morgan fingerprint density at radius 3 is 2.60 bits per heavy atom. The Bertz CT molecular complexity index is 604. The van der Waals surface area contributed by atoms with Crippen molar-refractivity contribution in [3.8, 4) is 6.07 Å². The third kappa shape index (κ3) is 5.57. The number of rotatable bonds is 6. The van der Waals surface area contributed by atoms with Gasteiger partial charge in [0.25, 0.3) is 0 Å². The quantitative estimate of drug-likeness (QED) is 0.789. The molecule has 25 heavy (non-hydrogen) atoms. The molecule has 0 heterocycles. The number of nitriles is 1. The van der Waals surface area contributed by atoms with Crippen molar-refractivity contribution in [3.05, 3.63) is 34.9 Å². The van der Waals surface area contributed by atoms with Crippen molar-refractivity contribution in [3.63, 3.8) is 0 Å². The highest BCUT2D eigenvalue weighted by atomic mass is 16.5. The SMILES string of the molecule is CCOC(=O)C1c2cc(C#N)ccc2CC1CC(C)CC(C)C.CO. The van der Waals surface area contributed by atoms with E-state index in [0.717, 1.165) is 25.5 Å². The molecule has 0 amide bonds. The third-order valence-corrected chi connectivity index (χ3v) is 4.68. The second-order valence-electron chi connectivity index (χ2n) is 7.19. The number of aliphatic hydroxyl groups excluding tert-OH is 1. The summed E-state index contributed by atoms with van der Waals surface area (Å²) >= 11 is 0. The predicted molar refractivity (Wildman–Crippen MR) is 99.1 cm³/mol. The van der Waals surface area contributed by atoms with E-state index in [1.54, 1.807) is 0 Å². The molecule has 4 nitrogen and oxygen atoms in total. The van der Waals surface area contributed by atoms with Crippen molar-refractivity contribution < 1.29 is 14.6 Å². The van der Waals surface area contributed by atoms with Crippen LogP contribution in [0.15, 0.2) is 18.2 Å². The van der Waals surface area contributed by atoms with Gasteiger partial charge in [-0.25, -0.2) is 0 Å². The van der Waals surface area contributed by atoms with E-state index in [-0.39, 0.29) is 17.8 Å². The molecule has 4 heteroatoms. The molecule has 2 rings (SSSR count). The molecule has 3 unspecified atom stereocenters. The van der Waals surface area contributed by atoms with Gasteiger partial charge < -0.3 is 9.84 Å². The molecule has 1 aliphatic carbocycles. The zero-order chi connectivity index (χ0) is 19.0. The number of aliphatic hydroxyl groups is 1. The molecular weight excluding hydrogens is 314 g/mol. The minimum atomic E-state index is -0.215. The number of carbonyl (C=O) groups excluding carboxylic acids is 1. The highest BCUT2D eigenvalue weighted by Gasteiger charge is 2.39. The van der Waals surface area contributed by atoms with Gasteiger partial charge in [0.1, 0.15) is 0 Å². The van der Waals surface area contributed by atoms with E-state index in [0.29, 0.717) is 24.0 Å². The highest BCUT2D eigenvalue weighted by molar-refractivity contribution is 5.80. The van der Waals surface area contributed by atoms with Crippen LogP contribution >= 0.6 is 0 Å². The summed E-state index contributed by atoms with van der Waals surface area (Å²) in [6.45, 7) is 8.99. The van der Waals surface area contributed by atoms with E-state index >= 15 is 0 Å². The Labute approximate surface area is 151 Å². The molecule has 0 saturated carbocycles. The number of esters is 1. The number of carbonyl (C=O) groups is 1. The summed E-state index contributed by atoms with van der Waals surface area (Å²) < 4.78 is 5.33. The molecule has 3 atom stereocenters. The van der Waals surface area contributed by atoms with Gasteiger partial charge in [-0.15, -0.1) is 0 Å². The largest absolute Gasteiger partial charge is 0.466 e. The van der Waals surface area contributed by atoms with Gasteiger partial charge in [0.05, 0.1) is 24.2 Å². The average Bonchev–Trinajstić information content (AvgIpc) is 2.92. The van der Waals surface area contributed by atoms with Crippen LogP contribution in [0.2, 0.25) is 0 Å². The van der Waals surface area contributed by atoms with Gasteiger partial charge in [0.2, 0.25) is 0 Å².